The molecule has 5 heteroatoms. The molecule has 1 saturated carbocycles. The highest BCUT2D eigenvalue weighted by atomic mass is 16.2. The number of nitrogens with zero attached hydrogens (tertiary/aromatic N) is 3. The number of aromatic nitrogens is 3. The molecular weight excluding hydrogens is 312 g/mol. The molecule has 1 N–H and O–H groups in total. The molecule has 1 aromatic heterocycles. The Balaban J connectivity index is 1.29. The van der Waals surface area contributed by atoms with Gasteiger partial charge < -0.3 is 9.88 Å². The van der Waals surface area contributed by atoms with E-state index >= 15 is 0 Å². The minimum Gasteiger partial charge on any atom is -0.355 e. The molecule has 1 aromatic carbocycles. The predicted molar refractivity (Wildman–Crippen MR) is 96.3 cm³/mol. The van der Waals surface area contributed by atoms with Crippen LogP contribution in [0.5, 0.6) is 0 Å². The van der Waals surface area contributed by atoms with Gasteiger partial charge in [0.15, 0.2) is 0 Å². The van der Waals surface area contributed by atoms with Gasteiger partial charge in [-0.15, -0.1) is 10.2 Å². The van der Waals surface area contributed by atoms with Crippen LogP contribution in [0, 0.1) is 12.8 Å². The number of hydrogen-bond donors (Lipinski definition) is 1. The molecule has 1 aliphatic heterocycles. The van der Waals surface area contributed by atoms with Crippen LogP contribution in [0.4, 0.5) is 0 Å². The molecule has 132 valence electrons. The fourth-order valence-electron chi connectivity index (χ4n) is 3.99. The molecule has 0 spiro atoms. The zero-order valence-corrected chi connectivity index (χ0v) is 14.9. The average Bonchev–Trinajstić information content (AvgIpc) is 3.37. The topological polar surface area (TPSA) is 59.8 Å². The van der Waals surface area contributed by atoms with Gasteiger partial charge in [-0.25, -0.2) is 0 Å². The number of amides is 1. The molecule has 1 fully saturated rings. The van der Waals surface area contributed by atoms with Crippen LogP contribution in [-0.4, -0.2) is 27.2 Å². The van der Waals surface area contributed by atoms with Gasteiger partial charge in [0.25, 0.3) is 0 Å². The van der Waals surface area contributed by atoms with E-state index in [0.29, 0.717) is 12.5 Å². The lowest BCUT2D eigenvalue weighted by molar-refractivity contribution is -0.122. The maximum atomic E-state index is 12.4. The zero-order chi connectivity index (χ0) is 17.2. The van der Waals surface area contributed by atoms with Gasteiger partial charge in [-0.1, -0.05) is 30.7 Å². The van der Waals surface area contributed by atoms with Gasteiger partial charge in [0.2, 0.25) is 5.91 Å². The van der Waals surface area contributed by atoms with Crippen LogP contribution in [-0.2, 0) is 24.2 Å². The normalized spacial score (nSPS) is 22.1. The van der Waals surface area contributed by atoms with E-state index in [1.165, 1.54) is 30.4 Å². The van der Waals surface area contributed by atoms with E-state index in [4.69, 9.17) is 0 Å². The predicted octanol–water partition coefficient (Wildman–Crippen LogP) is 2.78. The fraction of sp³-hybridized carbons (Fsp3) is 0.550. The van der Waals surface area contributed by atoms with Gasteiger partial charge in [-0.05, 0) is 43.2 Å². The number of hydrogen-bond acceptors (Lipinski definition) is 3. The minimum absolute atomic E-state index is 0.136. The summed E-state index contributed by atoms with van der Waals surface area (Å²) in [6.07, 6.45) is 6.43. The van der Waals surface area contributed by atoms with Crippen LogP contribution in [0.15, 0.2) is 24.3 Å². The Kier molecular flexibility index (Phi) is 4.55. The first kappa shape index (κ1) is 16.3. The van der Waals surface area contributed by atoms with Crippen LogP contribution in [0.25, 0.3) is 0 Å². The Labute approximate surface area is 148 Å². The summed E-state index contributed by atoms with van der Waals surface area (Å²) in [6.45, 7) is 3.79. The van der Waals surface area contributed by atoms with Gasteiger partial charge >= 0.3 is 0 Å². The molecular formula is C20H26N4O. The summed E-state index contributed by atoms with van der Waals surface area (Å²) in [5, 5.41) is 11.8. The van der Waals surface area contributed by atoms with E-state index in [1.54, 1.807) is 0 Å². The SMILES string of the molecule is Cc1ccccc1C1CC1C(=O)NCCc1nnc2n1CCCCC2. The maximum Gasteiger partial charge on any atom is 0.223 e. The third-order valence-electron chi connectivity index (χ3n) is 5.55. The quantitative estimate of drug-likeness (QED) is 0.912. The van der Waals surface area contributed by atoms with Crippen LogP contribution < -0.4 is 5.32 Å². The molecule has 2 atom stereocenters. The van der Waals surface area contributed by atoms with Crippen molar-refractivity contribution in [3.63, 3.8) is 0 Å². The molecule has 5 nitrogen and oxygen atoms in total. The van der Waals surface area contributed by atoms with Gasteiger partial charge in [-0.3, -0.25) is 4.79 Å². The molecule has 2 aromatic rings. The number of rotatable bonds is 5. The van der Waals surface area contributed by atoms with Crippen molar-refractivity contribution in [3.8, 4) is 0 Å². The first-order chi connectivity index (χ1) is 12.2. The highest BCUT2D eigenvalue weighted by Gasteiger charge is 2.44. The Morgan fingerprint density at radius 2 is 2.12 bits per heavy atom. The summed E-state index contributed by atoms with van der Waals surface area (Å²) in [5.74, 6) is 2.84. The summed E-state index contributed by atoms with van der Waals surface area (Å²) in [5.41, 5.74) is 2.61. The molecule has 2 heterocycles. The standard InChI is InChI=1S/C20H26N4O/c1-14-7-4-5-8-15(14)16-13-17(16)20(25)21-11-10-19-23-22-18-9-3-2-6-12-24(18)19/h4-5,7-8,16-17H,2-3,6,9-13H2,1H3,(H,21,25). The lowest BCUT2D eigenvalue weighted by atomic mass is 10.0. The Morgan fingerprint density at radius 1 is 1.24 bits per heavy atom. The molecule has 2 aliphatic rings. The number of carbonyl (C=O) groups excluding carboxylic acids is 1. The molecule has 2 unspecified atom stereocenters. The lowest BCUT2D eigenvalue weighted by Crippen LogP contribution is -2.28. The van der Waals surface area contributed by atoms with E-state index in [2.05, 4.69) is 51.3 Å². The second-order valence-corrected chi connectivity index (χ2v) is 7.34. The highest BCUT2D eigenvalue weighted by Crippen LogP contribution is 2.48. The lowest BCUT2D eigenvalue weighted by Gasteiger charge is -2.08. The molecule has 1 aliphatic carbocycles. The van der Waals surface area contributed by atoms with E-state index in [1.807, 2.05) is 0 Å². The monoisotopic (exact) mass is 338 g/mol. The summed E-state index contributed by atoms with van der Waals surface area (Å²) in [6, 6.07) is 8.39. The summed E-state index contributed by atoms with van der Waals surface area (Å²) >= 11 is 0. The van der Waals surface area contributed by atoms with Gasteiger partial charge in [0, 0.05) is 31.8 Å². The number of benzene rings is 1. The average molecular weight is 338 g/mol. The molecule has 25 heavy (non-hydrogen) atoms. The van der Waals surface area contributed by atoms with Gasteiger partial charge in [-0.2, -0.15) is 0 Å². The maximum absolute atomic E-state index is 12.4. The second kappa shape index (κ2) is 6.98. The van der Waals surface area contributed by atoms with E-state index in [9.17, 15) is 4.79 Å². The molecule has 4 rings (SSSR count). The van der Waals surface area contributed by atoms with E-state index < -0.39 is 0 Å². The number of carbonyl (C=O) groups is 1. The van der Waals surface area contributed by atoms with Crippen molar-refractivity contribution in [3.05, 3.63) is 47.0 Å². The zero-order valence-electron chi connectivity index (χ0n) is 14.9. The van der Waals surface area contributed by atoms with Gasteiger partial charge in [0.1, 0.15) is 11.6 Å². The smallest absolute Gasteiger partial charge is 0.223 e. The number of fused-ring (bicyclic) bond motifs is 1. The molecule has 1 amide bonds. The third kappa shape index (κ3) is 3.46. The number of aryl methyl sites for hydroxylation is 2. The summed E-state index contributed by atoms with van der Waals surface area (Å²) in [7, 11) is 0. The van der Waals surface area contributed by atoms with E-state index in [-0.39, 0.29) is 11.8 Å². The first-order valence-electron chi connectivity index (χ1n) is 9.48. The first-order valence-corrected chi connectivity index (χ1v) is 9.48. The van der Waals surface area contributed by atoms with Crippen molar-refractivity contribution in [2.75, 3.05) is 6.54 Å². The third-order valence-corrected chi connectivity index (χ3v) is 5.55. The Bertz CT molecular complexity index is 767. The van der Waals surface area contributed by atoms with Crippen molar-refractivity contribution in [2.45, 2.75) is 57.9 Å². The number of nitrogens with one attached hydrogen (secondary N) is 1. The molecule has 0 radical (unpaired) electrons. The van der Waals surface area contributed by atoms with Crippen LogP contribution in [0.2, 0.25) is 0 Å². The fourth-order valence-corrected chi connectivity index (χ4v) is 3.99. The minimum atomic E-state index is 0.136. The van der Waals surface area contributed by atoms with Crippen molar-refractivity contribution < 1.29 is 4.79 Å². The second-order valence-electron chi connectivity index (χ2n) is 7.34. The summed E-state index contributed by atoms with van der Waals surface area (Å²) < 4.78 is 2.26. The summed E-state index contributed by atoms with van der Waals surface area (Å²) in [4.78, 5) is 12.4. The largest absolute Gasteiger partial charge is 0.355 e. The van der Waals surface area contributed by atoms with Crippen LogP contribution in [0.3, 0.4) is 0 Å². The van der Waals surface area contributed by atoms with Crippen LogP contribution in [0.1, 0.15) is 54.4 Å². The molecule has 0 bridgehead atoms. The van der Waals surface area contributed by atoms with Crippen LogP contribution >= 0.6 is 0 Å². The Hall–Kier alpha value is -2.17. The Morgan fingerprint density at radius 3 is 3.00 bits per heavy atom. The highest BCUT2D eigenvalue weighted by molar-refractivity contribution is 5.83. The van der Waals surface area contributed by atoms with Crippen molar-refractivity contribution in [1.82, 2.24) is 20.1 Å². The van der Waals surface area contributed by atoms with Crippen molar-refractivity contribution in [1.29, 1.82) is 0 Å². The van der Waals surface area contributed by atoms with Crippen molar-refractivity contribution >= 4 is 5.91 Å². The van der Waals surface area contributed by atoms with Crippen molar-refractivity contribution in [2.24, 2.45) is 5.92 Å². The molecule has 0 saturated heterocycles. The van der Waals surface area contributed by atoms with E-state index in [0.717, 1.165) is 37.5 Å². The van der Waals surface area contributed by atoms with Gasteiger partial charge in [0.05, 0.1) is 0 Å².